The van der Waals surface area contributed by atoms with Crippen molar-refractivity contribution in [3.05, 3.63) is 58.4 Å². The van der Waals surface area contributed by atoms with Crippen molar-refractivity contribution in [2.24, 2.45) is 0 Å². The molecule has 26 heavy (non-hydrogen) atoms. The van der Waals surface area contributed by atoms with Crippen molar-refractivity contribution in [3.8, 4) is 5.06 Å². The second kappa shape index (κ2) is 7.59. The lowest BCUT2D eigenvalue weighted by Gasteiger charge is -2.09. The van der Waals surface area contributed by atoms with E-state index in [1.54, 1.807) is 17.5 Å². The van der Waals surface area contributed by atoms with Crippen molar-refractivity contribution in [3.63, 3.8) is 0 Å². The number of carbonyl (C=O) groups excluding carboxylic acids is 1. The number of nitrogens with zero attached hydrogens (tertiary/aromatic N) is 1. The quantitative estimate of drug-likeness (QED) is 0.448. The number of hydrogen-bond donors (Lipinski definition) is 3. The van der Waals surface area contributed by atoms with E-state index in [9.17, 15) is 4.79 Å². The van der Waals surface area contributed by atoms with Crippen LogP contribution in [-0.4, -0.2) is 22.6 Å². The first-order valence-electron chi connectivity index (χ1n) is 8.04. The highest BCUT2D eigenvalue weighted by molar-refractivity contribution is 7.12. The molecule has 0 aromatic carbocycles. The summed E-state index contributed by atoms with van der Waals surface area (Å²) in [5, 5.41) is 11.5. The molecule has 8 heteroatoms. The Kier molecular flexibility index (Phi) is 4.85. The highest BCUT2D eigenvalue weighted by Gasteiger charge is 2.12. The monoisotopic (exact) mass is 384 g/mol. The van der Waals surface area contributed by atoms with Crippen LogP contribution in [-0.2, 0) is 6.42 Å². The maximum Gasteiger partial charge on any atom is 0.413 e. The van der Waals surface area contributed by atoms with Crippen LogP contribution >= 0.6 is 22.7 Å². The summed E-state index contributed by atoms with van der Waals surface area (Å²) in [7, 11) is 0. The Bertz CT molecular complexity index is 1010. The third-order valence-corrected chi connectivity index (χ3v) is 5.49. The lowest BCUT2D eigenvalue weighted by Crippen LogP contribution is -2.28. The Morgan fingerprint density at radius 1 is 1.15 bits per heavy atom. The molecule has 1 amide bonds. The molecule has 4 rings (SSSR count). The predicted octanol–water partition coefficient (Wildman–Crippen LogP) is 4.76. The van der Waals surface area contributed by atoms with Gasteiger partial charge in [-0.15, -0.1) is 22.7 Å². The summed E-state index contributed by atoms with van der Waals surface area (Å²) < 4.78 is 5.46. The Morgan fingerprint density at radius 3 is 3.00 bits per heavy atom. The summed E-state index contributed by atoms with van der Waals surface area (Å²) in [5.74, 6) is 0. The van der Waals surface area contributed by atoms with Crippen LogP contribution in [0.4, 0.5) is 16.2 Å². The van der Waals surface area contributed by atoms with E-state index in [2.05, 4.69) is 26.7 Å². The molecule has 0 saturated carbocycles. The molecule has 0 bridgehead atoms. The van der Waals surface area contributed by atoms with Gasteiger partial charge in [0.25, 0.3) is 0 Å². The van der Waals surface area contributed by atoms with E-state index in [-0.39, 0.29) is 0 Å². The third-order valence-electron chi connectivity index (χ3n) is 3.77. The average Bonchev–Trinajstić information content (AvgIpc) is 3.37. The summed E-state index contributed by atoms with van der Waals surface area (Å²) >= 11 is 3.05. The second-order valence-corrected chi connectivity index (χ2v) is 7.40. The molecule has 0 aliphatic rings. The van der Waals surface area contributed by atoms with Gasteiger partial charge in [0.2, 0.25) is 5.06 Å². The number of hydrogen-bond acceptors (Lipinski definition) is 6. The molecule has 3 N–H and O–H groups in total. The first-order chi connectivity index (χ1) is 12.8. The number of pyridine rings is 1. The summed E-state index contributed by atoms with van der Waals surface area (Å²) in [4.78, 5) is 20.6. The lowest BCUT2D eigenvalue weighted by atomic mass is 10.3. The van der Waals surface area contributed by atoms with E-state index in [0.29, 0.717) is 11.6 Å². The van der Waals surface area contributed by atoms with Crippen molar-refractivity contribution < 1.29 is 9.53 Å². The molecule has 4 aromatic heterocycles. The SMILES string of the molecule is O=C(NCCc1cccs1)Oc1sccc1Nc1ccnc2[nH]ccc12. The minimum atomic E-state index is -0.450. The maximum absolute atomic E-state index is 12.0. The van der Waals surface area contributed by atoms with E-state index in [1.807, 2.05) is 41.2 Å². The van der Waals surface area contributed by atoms with Crippen LogP contribution in [0, 0.1) is 0 Å². The Morgan fingerprint density at radius 2 is 2.12 bits per heavy atom. The molecule has 4 heterocycles. The van der Waals surface area contributed by atoms with Crippen LogP contribution in [0.15, 0.2) is 53.5 Å². The van der Waals surface area contributed by atoms with Gasteiger partial charge in [-0.25, -0.2) is 9.78 Å². The van der Waals surface area contributed by atoms with Crippen LogP contribution in [0.1, 0.15) is 4.88 Å². The largest absolute Gasteiger partial charge is 0.413 e. The highest BCUT2D eigenvalue weighted by atomic mass is 32.1. The lowest BCUT2D eigenvalue weighted by molar-refractivity contribution is 0.202. The molecule has 0 unspecified atom stereocenters. The number of fused-ring (bicyclic) bond motifs is 1. The smallest absolute Gasteiger partial charge is 0.397 e. The molecule has 6 nitrogen and oxygen atoms in total. The number of ether oxygens (including phenoxy) is 1. The van der Waals surface area contributed by atoms with Crippen LogP contribution in [0.3, 0.4) is 0 Å². The van der Waals surface area contributed by atoms with Gasteiger partial charge < -0.3 is 20.4 Å². The fraction of sp³-hybridized carbons (Fsp3) is 0.111. The number of aromatic nitrogens is 2. The van der Waals surface area contributed by atoms with Crippen LogP contribution in [0.5, 0.6) is 5.06 Å². The molecule has 0 saturated heterocycles. The van der Waals surface area contributed by atoms with Gasteiger partial charge in [-0.05, 0) is 41.4 Å². The van der Waals surface area contributed by atoms with Gasteiger partial charge in [0, 0.05) is 29.2 Å². The van der Waals surface area contributed by atoms with Gasteiger partial charge in [0.1, 0.15) is 5.65 Å². The van der Waals surface area contributed by atoms with E-state index in [4.69, 9.17) is 4.74 Å². The Hall–Kier alpha value is -2.84. The Balaban J connectivity index is 1.39. The molecule has 4 aromatic rings. The summed E-state index contributed by atoms with van der Waals surface area (Å²) in [6.45, 7) is 0.543. The molecule has 0 radical (unpaired) electrons. The van der Waals surface area contributed by atoms with E-state index < -0.39 is 6.09 Å². The molecule has 0 atom stereocenters. The number of rotatable bonds is 6. The van der Waals surface area contributed by atoms with Gasteiger partial charge in [-0.2, -0.15) is 0 Å². The molecule has 0 aliphatic carbocycles. The molecule has 0 spiro atoms. The summed E-state index contributed by atoms with van der Waals surface area (Å²) in [6, 6.07) is 9.78. The van der Waals surface area contributed by atoms with Crippen LogP contribution < -0.4 is 15.4 Å². The van der Waals surface area contributed by atoms with Crippen LogP contribution in [0.25, 0.3) is 11.0 Å². The van der Waals surface area contributed by atoms with Crippen molar-refractivity contribution in [1.82, 2.24) is 15.3 Å². The fourth-order valence-corrected chi connectivity index (χ4v) is 3.95. The first kappa shape index (κ1) is 16.6. The number of aromatic amines is 1. The number of thiophene rings is 2. The topological polar surface area (TPSA) is 79.0 Å². The molecule has 132 valence electrons. The molecule has 0 fully saturated rings. The van der Waals surface area contributed by atoms with Crippen molar-refractivity contribution in [1.29, 1.82) is 0 Å². The van der Waals surface area contributed by atoms with Gasteiger partial charge >= 0.3 is 6.09 Å². The van der Waals surface area contributed by atoms with E-state index in [1.165, 1.54) is 16.2 Å². The average molecular weight is 384 g/mol. The second-order valence-electron chi connectivity index (χ2n) is 5.49. The zero-order chi connectivity index (χ0) is 17.8. The standard InChI is InChI=1S/C18H16N4O2S2/c23-18(21-7-3-12-2-1-10-25-12)24-17-15(6-11-26-17)22-14-5-9-20-16-13(14)4-8-19-16/h1-2,4-6,8-11H,3,7H2,(H,21,23)(H2,19,20,22). The van der Waals surface area contributed by atoms with Crippen molar-refractivity contribution in [2.45, 2.75) is 6.42 Å². The van der Waals surface area contributed by atoms with Crippen molar-refractivity contribution in [2.75, 3.05) is 11.9 Å². The highest BCUT2D eigenvalue weighted by Crippen LogP contribution is 2.35. The first-order valence-corrected chi connectivity index (χ1v) is 9.80. The number of carbonyl (C=O) groups is 1. The van der Waals surface area contributed by atoms with E-state index >= 15 is 0 Å². The van der Waals surface area contributed by atoms with Gasteiger partial charge in [0.15, 0.2) is 0 Å². The molecular formula is C18H16N4O2S2. The summed E-state index contributed by atoms with van der Waals surface area (Å²) in [5.41, 5.74) is 2.45. The Labute approximate surface area is 157 Å². The maximum atomic E-state index is 12.0. The normalized spacial score (nSPS) is 10.8. The minimum Gasteiger partial charge on any atom is -0.397 e. The number of nitrogens with one attached hydrogen (secondary N) is 3. The zero-order valence-electron chi connectivity index (χ0n) is 13.7. The summed E-state index contributed by atoms with van der Waals surface area (Å²) in [6.07, 6.45) is 3.92. The third kappa shape index (κ3) is 3.71. The minimum absolute atomic E-state index is 0.450. The predicted molar refractivity (Wildman–Crippen MR) is 106 cm³/mol. The molecular weight excluding hydrogens is 368 g/mol. The number of amides is 1. The number of H-pyrrole nitrogens is 1. The van der Waals surface area contributed by atoms with Gasteiger partial charge in [-0.1, -0.05) is 6.07 Å². The van der Waals surface area contributed by atoms with E-state index in [0.717, 1.165) is 28.8 Å². The fourth-order valence-electron chi connectivity index (χ4n) is 2.54. The van der Waals surface area contributed by atoms with Crippen LogP contribution in [0.2, 0.25) is 0 Å². The van der Waals surface area contributed by atoms with Crippen molar-refractivity contribution >= 4 is 51.2 Å². The van der Waals surface area contributed by atoms with Gasteiger partial charge in [-0.3, -0.25) is 0 Å². The molecule has 0 aliphatic heterocycles. The number of anilines is 2. The zero-order valence-corrected chi connectivity index (χ0v) is 15.3. The van der Waals surface area contributed by atoms with Gasteiger partial charge in [0.05, 0.1) is 11.4 Å².